The van der Waals surface area contributed by atoms with E-state index >= 15 is 0 Å². The molecule has 2 aliphatic rings. The molecule has 2 aromatic heterocycles. The van der Waals surface area contributed by atoms with Crippen molar-refractivity contribution >= 4 is 29.1 Å². The topological polar surface area (TPSA) is 110 Å². The fourth-order valence-electron chi connectivity index (χ4n) is 3.86. The molecule has 33 heavy (non-hydrogen) atoms. The van der Waals surface area contributed by atoms with Gasteiger partial charge < -0.3 is 25.0 Å². The number of amides is 3. The van der Waals surface area contributed by atoms with Gasteiger partial charge in [0.15, 0.2) is 6.10 Å². The van der Waals surface area contributed by atoms with Crippen molar-refractivity contribution < 1.29 is 23.5 Å². The molecule has 3 aromatic rings. The van der Waals surface area contributed by atoms with Gasteiger partial charge in [0.05, 0.1) is 37.4 Å². The maximum Gasteiger partial charge on any atom is 0.321 e. The standard InChI is InChI=1S/C22H23FN6O4/c23-17-4-3-14(26-22(31)28-5-1-2-6-28)9-16(17)18-12-29-11-15(10-24-21(29)27-18)25-20(30)19-13-32-7-8-33-19/h3-4,9-12,19H,1-2,5-8,13H2,(H,25,30)(H,26,31). The molecule has 5 rings (SSSR count). The van der Waals surface area contributed by atoms with E-state index in [0.29, 0.717) is 36.1 Å². The van der Waals surface area contributed by atoms with Crippen LogP contribution < -0.4 is 10.6 Å². The number of fused-ring (bicyclic) bond motifs is 1. The van der Waals surface area contributed by atoms with E-state index in [0.717, 1.165) is 25.9 Å². The highest BCUT2D eigenvalue weighted by molar-refractivity contribution is 5.94. The quantitative estimate of drug-likeness (QED) is 0.627. The van der Waals surface area contributed by atoms with Crippen molar-refractivity contribution in [1.29, 1.82) is 0 Å². The number of likely N-dealkylation sites (tertiary alicyclic amines) is 1. The van der Waals surface area contributed by atoms with E-state index < -0.39 is 11.9 Å². The second-order valence-corrected chi connectivity index (χ2v) is 7.92. The van der Waals surface area contributed by atoms with Crippen LogP contribution in [0.25, 0.3) is 17.0 Å². The van der Waals surface area contributed by atoms with E-state index in [1.807, 2.05) is 0 Å². The van der Waals surface area contributed by atoms with Crippen LogP contribution in [0.15, 0.2) is 36.8 Å². The van der Waals surface area contributed by atoms with Crippen molar-refractivity contribution in [3.63, 3.8) is 0 Å². The summed E-state index contributed by atoms with van der Waals surface area (Å²) >= 11 is 0. The van der Waals surface area contributed by atoms with Gasteiger partial charge in [-0.1, -0.05) is 0 Å². The third kappa shape index (κ3) is 4.64. The second-order valence-electron chi connectivity index (χ2n) is 7.92. The number of carbonyl (C=O) groups is 2. The first-order valence-electron chi connectivity index (χ1n) is 10.8. The molecule has 10 nitrogen and oxygen atoms in total. The highest BCUT2D eigenvalue weighted by Crippen LogP contribution is 2.26. The van der Waals surface area contributed by atoms with Crippen molar-refractivity contribution in [2.45, 2.75) is 18.9 Å². The van der Waals surface area contributed by atoms with E-state index in [1.54, 1.807) is 27.8 Å². The number of hydrogen-bond donors (Lipinski definition) is 2. The van der Waals surface area contributed by atoms with E-state index in [1.165, 1.54) is 18.3 Å². The van der Waals surface area contributed by atoms with Gasteiger partial charge in [-0.15, -0.1) is 0 Å². The number of rotatable bonds is 4. The van der Waals surface area contributed by atoms with Crippen LogP contribution in [-0.2, 0) is 14.3 Å². The Morgan fingerprint density at radius 1 is 1.09 bits per heavy atom. The number of nitrogens with zero attached hydrogens (tertiary/aromatic N) is 4. The van der Waals surface area contributed by atoms with Crippen LogP contribution >= 0.6 is 0 Å². The monoisotopic (exact) mass is 454 g/mol. The van der Waals surface area contributed by atoms with Crippen LogP contribution in [0.1, 0.15) is 12.8 Å². The molecule has 3 amide bonds. The molecule has 0 spiro atoms. The van der Waals surface area contributed by atoms with Gasteiger partial charge in [0.25, 0.3) is 5.91 Å². The molecule has 2 N–H and O–H groups in total. The molecule has 0 bridgehead atoms. The summed E-state index contributed by atoms with van der Waals surface area (Å²) < 4.78 is 26.8. The van der Waals surface area contributed by atoms with Crippen molar-refractivity contribution in [1.82, 2.24) is 19.3 Å². The fourth-order valence-corrected chi connectivity index (χ4v) is 3.86. The predicted octanol–water partition coefficient (Wildman–Crippen LogP) is 2.52. The third-order valence-electron chi connectivity index (χ3n) is 5.57. The summed E-state index contributed by atoms with van der Waals surface area (Å²) in [6.45, 7) is 2.46. The molecule has 0 aliphatic carbocycles. The minimum absolute atomic E-state index is 0.195. The number of nitrogens with one attached hydrogen (secondary N) is 2. The normalized spacial score (nSPS) is 18.5. The molecule has 172 valence electrons. The number of hydrogen-bond acceptors (Lipinski definition) is 6. The summed E-state index contributed by atoms with van der Waals surface area (Å²) in [5.74, 6) is -0.463. The summed E-state index contributed by atoms with van der Waals surface area (Å²) in [6.07, 6.45) is 6.01. The van der Waals surface area contributed by atoms with Crippen LogP contribution in [0.5, 0.6) is 0 Å². The van der Waals surface area contributed by atoms with Gasteiger partial charge in [-0.25, -0.2) is 19.2 Å². The molecule has 0 saturated carbocycles. The number of urea groups is 1. The minimum Gasteiger partial charge on any atom is -0.376 e. The average Bonchev–Trinajstić information content (AvgIpc) is 3.51. The molecular weight excluding hydrogens is 431 g/mol. The summed E-state index contributed by atoms with van der Waals surface area (Å²) in [6, 6.07) is 4.17. The van der Waals surface area contributed by atoms with E-state index in [-0.39, 0.29) is 24.1 Å². The van der Waals surface area contributed by atoms with Gasteiger partial charge >= 0.3 is 6.03 Å². The SMILES string of the molecule is O=C(Nc1cnc2nc(-c3cc(NC(=O)N4CCCC4)ccc3F)cn2c1)C1COCCO1. The maximum atomic E-state index is 14.6. The molecule has 2 fully saturated rings. The van der Waals surface area contributed by atoms with Crippen LogP contribution in [-0.4, -0.2) is 70.2 Å². The Balaban J connectivity index is 1.35. The molecule has 2 saturated heterocycles. The number of benzene rings is 1. The van der Waals surface area contributed by atoms with Gasteiger partial charge in [0.2, 0.25) is 5.78 Å². The molecule has 1 aromatic carbocycles. The van der Waals surface area contributed by atoms with Gasteiger partial charge in [-0.2, -0.15) is 0 Å². The number of imidazole rings is 1. The highest BCUT2D eigenvalue weighted by atomic mass is 19.1. The van der Waals surface area contributed by atoms with Crippen molar-refractivity contribution in [3.05, 3.63) is 42.6 Å². The Bertz CT molecular complexity index is 1190. The molecular formula is C22H23FN6O4. The summed E-state index contributed by atoms with van der Waals surface area (Å²) in [5.41, 5.74) is 1.51. The first kappa shape index (κ1) is 21.3. The Morgan fingerprint density at radius 2 is 1.94 bits per heavy atom. The first-order valence-corrected chi connectivity index (χ1v) is 10.8. The number of halogens is 1. The van der Waals surface area contributed by atoms with Crippen molar-refractivity contribution in [2.75, 3.05) is 43.5 Å². The van der Waals surface area contributed by atoms with E-state index in [2.05, 4.69) is 20.6 Å². The Labute approximate surface area is 188 Å². The van der Waals surface area contributed by atoms with Gasteiger partial charge in [0, 0.05) is 36.7 Å². The molecule has 1 unspecified atom stereocenters. The summed E-state index contributed by atoms with van der Waals surface area (Å²) in [5, 5.41) is 5.56. The molecule has 2 aliphatic heterocycles. The lowest BCUT2D eigenvalue weighted by atomic mass is 10.1. The van der Waals surface area contributed by atoms with E-state index in [4.69, 9.17) is 9.47 Å². The third-order valence-corrected chi connectivity index (χ3v) is 5.57. The molecule has 1 atom stereocenters. The number of ether oxygens (including phenoxy) is 2. The van der Waals surface area contributed by atoms with Crippen molar-refractivity contribution in [2.24, 2.45) is 0 Å². The smallest absolute Gasteiger partial charge is 0.321 e. The zero-order valence-corrected chi connectivity index (χ0v) is 17.8. The largest absolute Gasteiger partial charge is 0.376 e. The van der Waals surface area contributed by atoms with Gasteiger partial charge in [-0.3, -0.25) is 9.20 Å². The van der Waals surface area contributed by atoms with Gasteiger partial charge in [0.1, 0.15) is 5.82 Å². The Hall–Kier alpha value is -3.57. The average molecular weight is 454 g/mol. The van der Waals surface area contributed by atoms with Crippen LogP contribution in [0, 0.1) is 5.82 Å². The second kappa shape index (κ2) is 9.12. The zero-order chi connectivity index (χ0) is 22.8. The number of carbonyl (C=O) groups excluding carboxylic acids is 2. The first-order chi connectivity index (χ1) is 16.1. The predicted molar refractivity (Wildman–Crippen MR) is 117 cm³/mol. The lowest BCUT2D eigenvalue weighted by molar-refractivity contribution is -0.142. The van der Waals surface area contributed by atoms with Crippen molar-refractivity contribution in [3.8, 4) is 11.3 Å². The van der Waals surface area contributed by atoms with E-state index in [9.17, 15) is 14.0 Å². The Kier molecular flexibility index (Phi) is 5.88. The minimum atomic E-state index is -0.680. The highest BCUT2D eigenvalue weighted by Gasteiger charge is 2.23. The van der Waals surface area contributed by atoms with Crippen LogP contribution in [0.2, 0.25) is 0 Å². The molecule has 4 heterocycles. The summed E-state index contributed by atoms with van der Waals surface area (Å²) in [7, 11) is 0. The summed E-state index contributed by atoms with van der Waals surface area (Å²) in [4.78, 5) is 35.1. The fraction of sp³-hybridized carbons (Fsp3) is 0.364. The Morgan fingerprint density at radius 3 is 2.73 bits per heavy atom. The van der Waals surface area contributed by atoms with Gasteiger partial charge in [-0.05, 0) is 31.0 Å². The van der Waals surface area contributed by atoms with Crippen LogP contribution in [0.3, 0.4) is 0 Å². The molecule has 0 radical (unpaired) electrons. The maximum absolute atomic E-state index is 14.6. The number of aromatic nitrogens is 3. The lowest BCUT2D eigenvalue weighted by Crippen LogP contribution is -2.39. The number of anilines is 2. The zero-order valence-electron chi connectivity index (χ0n) is 17.8. The molecule has 11 heteroatoms. The van der Waals surface area contributed by atoms with Crippen LogP contribution in [0.4, 0.5) is 20.6 Å². The lowest BCUT2D eigenvalue weighted by Gasteiger charge is -2.21.